The van der Waals surface area contributed by atoms with Crippen molar-refractivity contribution in [1.82, 2.24) is 0 Å². The quantitative estimate of drug-likeness (QED) is 0.104. The van der Waals surface area contributed by atoms with Gasteiger partial charge in [0.15, 0.2) is 23.0 Å². The lowest BCUT2D eigenvalue weighted by Crippen LogP contribution is -2.26. The van der Waals surface area contributed by atoms with E-state index in [1.165, 1.54) is 33.4 Å². The third-order valence-corrected chi connectivity index (χ3v) is 11.0. The van der Waals surface area contributed by atoms with Gasteiger partial charge in [0.2, 0.25) is 0 Å². The van der Waals surface area contributed by atoms with Gasteiger partial charge in [-0.2, -0.15) is 0 Å². The Kier molecular flexibility index (Phi) is 10.6. The van der Waals surface area contributed by atoms with E-state index in [0.29, 0.717) is 50.1 Å². The first-order valence-corrected chi connectivity index (χ1v) is 18.7. The average molecular weight is 659 g/mol. The monoisotopic (exact) mass is 658 g/mol. The first-order chi connectivity index (χ1) is 23.8. The molecule has 4 aromatic rings. The minimum Gasteiger partial charge on any atom is -0.489 e. The lowest BCUT2D eigenvalue weighted by atomic mass is 9.70. The summed E-state index contributed by atoms with van der Waals surface area (Å²) in [6.07, 6.45) is 4.21. The molecule has 0 aromatic heterocycles. The number of hydrogen-bond acceptors (Lipinski definition) is 4. The topological polar surface area (TPSA) is 36.9 Å². The Labute approximate surface area is 295 Å². The van der Waals surface area contributed by atoms with E-state index in [1.807, 2.05) is 12.1 Å². The van der Waals surface area contributed by atoms with Crippen LogP contribution in [-0.4, -0.2) is 26.4 Å². The van der Waals surface area contributed by atoms with Crippen LogP contribution in [0.15, 0.2) is 60.7 Å². The van der Waals surface area contributed by atoms with Crippen LogP contribution in [-0.2, 0) is 5.41 Å². The summed E-state index contributed by atoms with van der Waals surface area (Å²) in [6.45, 7) is 20.3. The molecule has 2 aliphatic rings. The second kappa shape index (κ2) is 14.9. The molecule has 4 nitrogen and oxygen atoms in total. The molecule has 49 heavy (non-hydrogen) atoms. The third-order valence-electron chi connectivity index (χ3n) is 11.0. The van der Waals surface area contributed by atoms with E-state index in [-0.39, 0.29) is 0 Å². The number of benzene rings is 4. The van der Waals surface area contributed by atoms with Gasteiger partial charge in [0.25, 0.3) is 0 Å². The Bertz CT molecular complexity index is 1630. The Morgan fingerprint density at radius 1 is 0.469 bits per heavy atom. The largest absolute Gasteiger partial charge is 0.489 e. The molecule has 2 radical (unpaired) electrons. The van der Waals surface area contributed by atoms with Crippen LogP contribution in [0.2, 0.25) is 0 Å². The van der Waals surface area contributed by atoms with Crippen molar-refractivity contribution in [3.05, 3.63) is 95.1 Å². The minimum atomic E-state index is -0.599. The molecule has 2 aliphatic carbocycles. The highest BCUT2D eigenvalue weighted by Gasteiger charge is 2.52. The molecule has 258 valence electrons. The summed E-state index contributed by atoms with van der Waals surface area (Å²) in [5, 5.41) is 0. The summed E-state index contributed by atoms with van der Waals surface area (Å²) >= 11 is 0. The van der Waals surface area contributed by atoms with Crippen LogP contribution in [0, 0.1) is 35.8 Å². The molecule has 0 amide bonds. The van der Waals surface area contributed by atoms with Gasteiger partial charge in [0.1, 0.15) is 0 Å². The average Bonchev–Trinajstić information content (AvgIpc) is 3.59. The molecule has 0 saturated carbocycles. The van der Waals surface area contributed by atoms with E-state index in [1.54, 1.807) is 0 Å². The highest BCUT2D eigenvalue weighted by Crippen LogP contribution is 2.65. The van der Waals surface area contributed by atoms with E-state index in [0.717, 1.165) is 59.8 Å². The summed E-state index contributed by atoms with van der Waals surface area (Å²) in [6, 6.07) is 28.7. The van der Waals surface area contributed by atoms with Crippen LogP contribution in [0.5, 0.6) is 23.0 Å². The van der Waals surface area contributed by atoms with Gasteiger partial charge >= 0.3 is 0 Å². The molecular formula is C45H54O4. The molecule has 4 atom stereocenters. The van der Waals surface area contributed by atoms with E-state index >= 15 is 0 Å². The van der Waals surface area contributed by atoms with E-state index < -0.39 is 5.41 Å². The van der Waals surface area contributed by atoms with Gasteiger partial charge in [0, 0.05) is 0 Å². The molecule has 1 spiro atoms. The van der Waals surface area contributed by atoms with Gasteiger partial charge in [-0.1, -0.05) is 105 Å². The van der Waals surface area contributed by atoms with Crippen molar-refractivity contribution in [2.24, 2.45) is 23.7 Å². The predicted molar refractivity (Wildman–Crippen MR) is 200 cm³/mol. The van der Waals surface area contributed by atoms with Crippen molar-refractivity contribution in [1.29, 1.82) is 0 Å². The second-order valence-corrected chi connectivity index (χ2v) is 14.7. The highest BCUT2D eigenvalue weighted by atomic mass is 16.5. The number of rotatable bonds is 16. The lowest BCUT2D eigenvalue weighted by Gasteiger charge is -2.31. The molecule has 0 heterocycles. The zero-order valence-electron chi connectivity index (χ0n) is 30.9. The van der Waals surface area contributed by atoms with E-state index in [2.05, 4.69) is 116 Å². The first-order valence-electron chi connectivity index (χ1n) is 18.7. The van der Waals surface area contributed by atoms with Crippen LogP contribution in [0.3, 0.4) is 0 Å². The van der Waals surface area contributed by atoms with Crippen LogP contribution in [0.25, 0.3) is 22.3 Å². The first kappa shape index (κ1) is 34.9. The fraction of sp³-hybridized carbons (Fsp3) is 0.467. The Morgan fingerprint density at radius 3 is 1.12 bits per heavy atom. The molecule has 4 aromatic carbocycles. The summed E-state index contributed by atoms with van der Waals surface area (Å²) in [5.74, 6) is 4.89. The van der Waals surface area contributed by atoms with E-state index in [4.69, 9.17) is 18.9 Å². The fourth-order valence-corrected chi connectivity index (χ4v) is 6.86. The number of fused-ring (bicyclic) bond motifs is 10. The molecule has 4 heteroatoms. The Morgan fingerprint density at radius 2 is 0.796 bits per heavy atom. The molecule has 0 saturated heterocycles. The standard InChI is InChI=1S/C45H54O4/c1-9-29(5)25-46-41-21-35-36-22-42(47-26-30(6)10-2)44(49-28-32(8)12-4)24-40(36)45(39(35)23-43(41)48-27-31(7)11-3)37-19-15-13-17-33(37)34-18-14-16-20-38(34)45/h13-14,17-24,29-32H,9-12,25-28H2,1-8H3. The minimum absolute atomic E-state index is 0.425. The maximum atomic E-state index is 6.67. The van der Waals surface area contributed by atoms with Crippen molar-refractivity contribution >= 4 is 0 Å². The van der Waals surface area contributed by atoms with Gasteiger partial charge in [0.05, 0.1) is 31.8 Å². The van der Waals surface area contributed by atoms with E-state index in [9.17, 15) is 0 Å². The van der Waals surface area contributed by atoms with Crippen LogP contribution >= 0.6 is 0 Å². The van der Waals surface area contributed by atoms with Crippen molar-refractivity contribution in [3.63, 3.8) is 0 Å². The summed E-state index contributed by atoms with van der Waals surface area (Å²) in [7, 11) is 0. The Hall–Kier alpha value is -3.92. The van der Waals surface area contributed by atoms with Gasteiger partial charge in [-0.25, -0.2) is 0 Å². The Balaban J connectivity index is 1.63. The molecule has 4 unspecified atom stereocenters. The maximum Gasteiger partial charge on any atom is 0.161 e. The van der Waals surface area contributed by atoms with Crippen molar-refractivity contribution < 1.29 is 18.9 Å². The van der Waals surface area contributed by atoms with Crippen molar-refractivity contribution in [2.75, 3.05) is 26.4 Å². The van der Waals surface area contributed by atoms with Crippen molar-refractivity contribution in [3.8, 4) is 45.3 Å². The zero-order valence-corrected chi connectivity index (χ0v) is 30.9. The summed E-state index contributed by atoms with van der Waals surface area (Å²) in [4.78, 5) is 0. The van der Waals surface area contributed by atoms with Crippen LogP contribution in [0.1, 0.15) is 103 Å². The normalized spacial score (nSPS) is 15.8. The molecule has 0 N–H and O–H groups in total. The molecule has 6 rings (SSSR count). The summed E-state index contributed by atoms with van der Waals surface area (Å²) < 4.78 is 26.6. The maximum absolute atomic E-state index is 6.67. The van der Waals surface area contributed by atoms with Gasteiger partial charge < -0.3 is 18.9 Å². The SMILES string of the molecule is CCC(C)COc1cc2c(cc1OCC(C)CC)C1(c3c[c]ccc3-c3cc[c]cc31)c1cc(OCC(C)CC)c(OCC(C)CC)cc1-2. The molecule has 0 aliphatic heterocycles. The van der Waals surface area contributed by atoms with Gasteiger partial charge in [-0.05, 0) is 117 Å². The van der Waals surface area contributed by atoms with Crippen molar-refractivity contribution in [2.45, 2.75) is 86.5 Å². The van der Waals surface area contributed by atoms with Gasteiger partial charge in [-0.15, -0.1) is 0 Å². The lowest BCUT2D eigenvalue weighted by molar-refractivity contribution is 0.217. The fourth-order valence-electron chi connectivity index (χ4n) is 6.86. The smallest absolute Gasteiger partial charge is 0.161 e. The van der Waals surface area contributed by atoms with Gasteiger partial charge in [-0.3, -0.25) is 0 Å². The molecule has 0 bridgehead atoms. The number of hydrogen-bond donors (Lipinski definition) is 0. The second-order valence-electron chi connectivity index (χ2n) is 14.7. The zero-order chi connectivity index (χ0) is 34.7. The molecule has 0 fully saturated rings. The third kappa shape index (κ3) is 6.44. The highest BCUT2D eigenvalue weighted by molar-refractivity contribution is 5.96. The van der Waals surface area contributed by atoms with Crippen LogP contribution in [0.4, 0.5) is 0 Å². The number of ether oxygens (including phenoxy) is 4. The van der Waals surface area contributed by atoms with Crippen LogP contribution < -0.4 is 18.9 Å². The summed E-state index contributed by atoms with van der Waals surface area (Å²) in [5.41, 5.74) is 8.92. The molecular weight excluding hydrogens is 604 g/mol. The predicted octanol–water partition coefficient (Wildman–Crippen LogP) is 11.3.